The molecule has 3 aromatic rings. The van der Waals surface area contributed by atoms with E-state index in [1.165, 1.54) is 0 Å². The molecule has 2 heterocycles. The molecule has 0 radical (unpaired) electrons. The summed E-state index contributed by atoms with van der Waals surface area (Å²) in [5.41, 5.74) is 2.81. The van der Waals surface area contributed by atoms with Crippen LogP contribution in [-0.2, 0) is 6.54 Å². The number of benzene rings is 1. The molecule has 0 saturated carbocycles. The molecule has 21 heavy (non-hydrogen) atoms. The Morgan fingerprint density at radius 1 is 1.24 bits per heavy atom. The zero-order valence-corrected chi connectivity index (χ0v) is 11.8. The van der Waals surface area contributed by atoms with Crippen LogP contribution in [0.3, 0.4) is 0 Å². The fraction of sp³-hybridized carbons (Fsp3) is 0.267. The molecule has 1 aromatic carbocycles. The minimum atomic E-state index is -0.539. The van der Waals surface area contributed by atoms with Crippen LogP contribution in [0, 0.1) is 0 Å². The Morgan fingerprint density at radius 2 is 2.05 bits per heavy atom. The maximum atomic E-state index is 9.73. The van der Waals surface area contributed by atoms with Gasteiger partial charge in [0.05, 0.1) is 25.2 Å². The Morgan fingerprint density at radius 3 is 2.71 bits per heavy atom. The van der Waals surface area contributed by atoms with Gasteiger partial charge in [-0.15, -0.1) is 5.10 Å². The van der Waals surface area contributed by atoms with Gasteiger partial charge in [0.25, 0.3) is 0 Å². The SMILES string of the molecule is CCC(O)c1cn(Cc2ccc(-n3ccnc3)cc2)nn1. The number of aliphatic hydroxyl groups is 1. The lowest BCUT2D eigenvalue weighted by atomic mass is 10.2. The Balaban J connectivity index is 1.72. The molecule has 1 N–H and O–H groups in total. The van der Waals surface area contributed by atoms with E-state index in [1.807, 2.05) is 42.0 Å². The molecule has 0 aliphatic heterocycles. The van der Waals surface area contributed by atoms with Gasteiger partial charge in [0.1, 0.15) is 5.69 Å². The summed E-state index contributed by atoms with van der Waals surface area (Å²) in [6.45, 7) is 2.55. The van der Waals surface area contributed by atoms with Crippen LogP contribution in [0.25, 0.3) is 5.69 Å². The molecule has 1 atom stereocenters. The molecule has 0 bridgehead atoms. The van der Waals surface area contributed by atoms with Gasteiger partial charge in [0.2, 0.25) is 0 Å². The van der Waals surface area contributed by atoms with Crippen molar-refractivity contribution in [3.05, 3.63) is 60.4 Å². The van der Waals surface area contributed by atoms with Crippen molar-refractivity contribution in [3.8, 4) is 5.69 Å². The summed E-state index contributed by atoms with van der Waals surface area (Å²) in [5, 5.41) is 17.8. The van der Waals surface area contributed by atoms with Crippen molar-refractivity contribution in [1.29, 1.82) is 0 Å². The number of hydrogen-bond acceptors (Lipinski definition) is 4. The number of rotatable bonds is 5. The molecule has 2 aromatic heterocycles. The summed E-state index contributed by atoms with van der Waals surface area (Å²) < 4.78 is 3.69. The van der Waals surface area contributed by atoms with Gasteiger partial charge >= 0.3 is 0 Å². The van der Waals surface area contributed by atoms with Gasteiger partial charge in [-0.05, 0) is 24.1 Å². The van der Waals surface area contributed by atoms with Crippen molar-refractivity contribution in [3.63, 3.8) is 0 Å². The van der Waals surface area contributed by atoms with Gasteiger partial charge in [0.15, 0.2) is 0 Å². The molecule has 3 rings (SSSR count). The van der Waals surface area contributed by atoms with Crippen LogP contribution in [0.15, 0.2) is 49.2 Å². The summed E-state index contributed by atoms with van der Waals surface area (Å²) in [6.07, 6.45) is 7.32. The molecule has 6 nitrogen and oxygen atoms in total. The third-order valence-electron chi connectivity index (χ3n) is 3.37. The van der Waals surface area contributed by atoms with Gasteiger partial charge in [-0.1, -0.05) is 24.3 Å². The van der Waals surface area contributed by atoms with E-state index >= 15 is 0 Å². The fourth-order valence-corrected chi connectivity index (χ4v) is 2.12. The van der Waals surface area contributed by atoms with E-state index in [9.17, 15) is 5.11 Å². The second-order valence-electron chi connectivity index (χ2n) is 4.90. The average Bonchev–Trinajstić information content (AvgIpc) is 3.18. The second kappa shape index (κ2) is 5.88. The predicted octanol–water partition coefficient (Wildman–Crippen LogP) is 1.96. The van der Waals surface area contributed by atoms with E-state index in [-0.39, 0.29) is 0 Å². The summed E-state index contributed by atoms with van der Waals surface area (Å²) in [6, 6.07) is 8.17. The molecular weight excluding hydrogens is 266 g/mol. The molecule has 0 aliphatic carbocycles. The highest BCUT2D eigenvalue weighted by Gasteiger charge is 2.09. The predicted molar refractivity (Wildman–Crippen MR) is 77.9 cm³/mol. The summed E-state index contributed by atoms with van der Waals surface area (Å²) >= 11 is 0. The van der Waals surface area contributed by atoms with E-state index in [0.717, 1.165) is 11.3 Å². The van der Waals surface area contributed by atoms with Crippen molar-refractivity contribution in [2.24, 2.45) is 0 Å². The van der Waals surface area contributed by atoms with E-state index in [2.05, 4.69) is 15.3 Å². The van der Waals surface area contributed by atoms with E-state index in [0.29, 0.717) is 18.7 Å². The molecule has 1 unspecified atom stereocenters. The number of nitrogens with zero attached hydrogens (tertiary/aromatic N) is 5. The molecule has 108 valence electrons. The normalized spacial score (nSPS) is 12.5. The van der Waals surface area contributed by atoms with Crippen molar-refractivity contribution in [2.45, 2.75) is 26.0 Å². The Bertz CT molecular complexity index is 687. The Hall–Kier alpha value is -2.47. The average molecular weight is 283 g/mol. The highest BCUT2D eigenvalue weighted by Crippen LogP contribution is 2.14. The zero-order valence-electron chi connectivity index (χ0n) is 11.8. The molecule has 0 fully saturated rings. The van der Waals surface area contributed by atoms with Crippen LogP contribution >= 0.6 is 0 Å². The quantitative estimate of drug-likeness (QED) is 0.777. The molecule has 0 amide bonds. The maximum absolute atomic E-state index is 9.73. The molecular formula is C15H17N5O. The number of aliphatic hydroxyl groups excluding tert-OH is 1. The first-order valence-electron chi connectivity index (χ1n) is 6.91. The van der Waals surface area contributed by atoms with Gasteiger partial charge < -0.3 is 9.67 Å². The lowest BCUT2D eigenvalue weighted by molar-refractivity contribution is 0.168. The van der Waals surface area contributed by atoms with Crippen LogP contribution < -0.4 is 0 Å². The summed E-state index contributed by atoms with van der Waals surface area (Å²) in [7, 11) is 0. The Labute approximate surface area is 122 Å². The molecule has 6 heteroatoms. The van der Waals surface area contributed by atoms with E-state index in [1.54, 1.807) is 23.4 Å². The standard InChI is InChI=1S/C15H17N5O/c1-2-15(21)14-10-20(18-17-14)9-12-3-5-13(6-4-12)19-8-7-16-11-19/h3-8,10-11,15,21H,2,9H2,1H3. The first-order valence-corrected chi connectivity index (χ1v) is 6.91. The van der Waals surface area contributed by atoms with Crippen molar-refractivity contribution in [1.82, 2.24) is 24.5 Å². The lowest BCUT2D eigenvalue weighted by Crippen LogP contribution is -2.01. The molecule has 0 aliphatic rings. The van der Waals surface area contributed by atoms with Crippen molar-refractivity contribution < 1.29 is 5.11 Å². The second-order valence-corrected chi connectivity index (χ2v) is 4.90. The van der Waals surface area contributed by atoms with Crippen LogP contribution in [-0.4, -0.2) is 29.7 Å². The highest BCUT2D eigenvalue weighted by atomic mass is 16.3. The third kappa shape index (κ3) is 3.00. The first kappa shape index (κ1) is 13.5. The van der Waals surface area contributed by atoms with Crippen molar-refractivity contribution in [2.75, 3.05) is 0 Å². The Kier molecular flexibility index (Phi) is 3.79. The van der Waals surface area contributed by atoms with Gasteiger partial charge in [-0.3, -0.25) is 0 Å². The fourth-order valence-electron chi connectivity index (χ4n) is 2.12. The smallest absolute Gasteiger partial charge is 0.111 e. The number of hydrogen-bond donors (Lipinski definition) is 1. The van der Waals surface area contributed by atoms with Crippen LogP contribution in [0.4, 0.5) is 0 Å². The topological polar surface area (TPSA) is 68.8 Å². The largest absolute Gasteiger partial charge is 0.387 e. The summed E-state index contributed by atoms with van der Waals surface area (Å²) in [5.74, 6) is 0. The van der Waals surface area contributed by atoms with Gasteiger partial charge in [0, 0.05) is 18.1 Å². The number of imidazole rings is 1. The van der Waals surface area contributed by atoms with Crippen LogP contribution in [0.2, 0.25) is 0 Å². The highest BCUT2D eigenvalue weighted by molar-refractivity contribution is 5.34. The summed E-state index contributed by atoms with van der Waals surface area (Å²) in [4.78, 5) is 4.03. The van der Waals surface area contributed by atoms with E-state index < -0.39 is 6.10 Å². The first-order chi connectivity index (χ1) is 10.3. The molecule has 0 saturated heterocycles. The zero-order chi connectivity index (χ0) is 14.7. The number of aromatic nitrogens is 5. The molecule has 0 spiro atoms. The van der Waals surface area contributed by atoms with Crippen molar-refractivity contribution >= 4 is 0 Å². The van der Waals surface area contributed by atoms with Gasteiger partial charge in [-0.2, -0.15) is 0 Å². The van der Waals surface area contributed by atoms with E-state index in [4.69, 9.17) is 0 Å². The van der Waals surface area contributed by atoms with Crippen LogP contribution in [0.1, 0.15) is 30.7 Å². The monoisotopic (exact) mass is 283 g/mol. The van der Waals surface area contributed by atoms with Gasteiger partial charge in [-0.25, -0.2) is 9.67 Å². The minimum Gasteiger partial charge on any atom is -0.387 e. The van der Waals surface area contributed by atoms with Crippen LogP contribution in [0.5, 0.6) is 0 Å². The lowest BCUT2D eigenvalue weighted by Gasteiger charge is -2.05. The third-order valence-corrected chi connectivity index (χ3v) is 3.37. The maximum Gasteiger partial charge on any atom is 0.111 e. The minimum absolute atomic E-state index is 0.539.